The van der Waals surface area contributed by atoms with Crippen molar-refractivity contribution >= 4 is 5.97 Å². The van der Waals surface area contributed by atoms with E-state index in [1.54, 1.807) is 24.3 Å². The van der Waals surface area contributed by atoms with Gasteiger partial charge in [-0.25, -0.2) is 4.79 Å². The van der Waals surface area contributed by atoms with Gasteiger partial charge in [-0.05, 0) is 31.0 Å². The third-order valence-corrected chi connectivity index (χ3v) is 3.27. The molecular weight excluding hydrogens is 274 g/mol. The zero-order valence-corrected chi connectivity index (χ0v) is 11.9. The molecule has 0 amide bonds. The standard InChI is InChI=1S/C14H17N3O4/c1-9-8-11(16-17-15)12(14(19-2)20-9)21-13(18)10-6-4-3-5-7-10/h3-7,9,11-12,14H,8H2,1-2H3/t9-,11+,12-,14+/m1/s1. The fourth-order valence-electron chi connectivity index (χ4n) is 2.29. The van der Waals surface area contributed by atoms with E-state index in [1.807, 2.05) is 13.0 Å². The first-order chi connectivity index (χ1) is 10.2. The number of esters is 1. The van der Waals surface area contributed by atoms with Crippen molar-refractivity contribution in [3.05, 3.63) is 46.3 Å². The normalized spacial score (nSPS) is 28.5. The first-order valence-corrected chi connectivity index (χ1v) is 6.64. The van der Waals surface area contributed by atoms with Gasteiger partial charge in [0.15, 0.2) is 12.4 Å². The van der Waals surface area contributed by atoms with Crippen molar-refractivity contribution in [1.82, 2.24) is 0 Å². The number of hydrogen-bond acceptors (Lipinski definition) is 5. The maximum atomic E-state index is 12.1. The molecule has 4 atom stereocenters. The molecule has 0 saturated carbocycles. The molecule has 2 rings (SSSR count). The third kappa shape index (κ3) is 3.72. The van der Waals surface area contributed by atoms with Crippen LogP contribution in [0.2, 0.25) is 0 Å². The van der Waals surface area contributed by atoms with Gasteiger partial charge in [0.2, 0.25) is 0 Å². The molecule has 0 radical (unpaired) electrons. The first-order valence-electron chi connectivity index (χ1n) is 6.64. The maximum Gasteiger partial charge on any atom is 0.338 e. The average Bonchev–Trinajstić information content (AvgIpc) is 2.50. The number of azide groups is 1. The Labute approximate surface area is 122 Å². The van der Waals surface area contributed by atoms with E-state index in [-0.39, 0.29) is 6.10 Å². The minimum absolute atomic E-state index is 0.142. The smallest absolute Gasteiger partial charge is 0.338 e. The highest BCUT2D eigenvalue weighted by atomic mass is 16.7. The molecule has 0 N–H and O–H groups in total. The monoisotopic (exact) mass is 291 g/mol. The van der Waals surface area contributed by atoms with Gasteiger partial charge in [-0.2, -0.15) is 0 Å². The van der Waals surface area contributed by atoms with Crippen LogP contribution in [0.3, 0.4) is 0 Å². The molecule has 7 heteroatoms. The quantitative estimate of drug-likeness (QED) is 0.369. The third-order valence-electron chi connectivity index (χ3n) is 3.27. The highest BCUT2D eigenvalue weighted by Gasteiger charge is 2.40. The lowest BCUT2D eigenvalue weighted by Crippen LogP contribution is -2.49. The first kappa shape index (κ1) is 15.3. The summed E-state index contributed by atoms with van der Waals surface area (Å²) >= 11 is 0. The van der Waals surface area contributed by atoms with Crippen LogP contribution in [0.1, 0.15) is 23.7 Å². The molecule has 1 aromatic rings. The zero-order valence-electron chi connectivity index (χ0n) is 11.9. The molecule has 7 nitrogen and oxygen atoms in total. The lowest BCUT2D eigenvalue weighted by molar-refractivity contribution is -0.230. The number of ether oxygens (including phenoxy) is 3. The van der Waals surface area contributed by atoms with Crippen LogP contribution < -0.4 is 0 Å². The molecular formula is C14H17N3O4. The predicted molar refractivity (Wildman–Crippen MR) is 74.5 cm³/mol. The van der Waals surface area contributed by atoms with Gasteiger partial charge >= 0.3 is 5.97 Å². The Balaban J connectivity index is 2.16. The van der Waals surface area contributed by atoms with Gasteiger partial charge in [0.1, 0.15) is 0 Å². The highest BCUT2D eigenvalue weighted by molar-refractivity contribution is 5.89. The summed E-state index contributed by atoms with van der Waals surface area (Å²) in [7, 11) is 1.46. The number of benzene rings is 1. The van der Waals surface area contributed by atoms with Crippen LogP contribution >= 0.6 is 0 Å². The topological polar surface area (TPSA) is 93.5 Å². The summed E-state index contributed by atoms with van der Waals surface area (Å²) in [5.74, 6) is -0.501. The number of carbonyl (C=O) groups is 1. The van der Waals surface area contributed by atoms with E-state index >= 15 is 0 Å². The summed E-state index contributed by atoms with van der Waals surface area (Å²) < 4.78 is 16.2. The van der Waals surface area contributed by atoms with Crippen molar-refractivity contribution in [1.29, 1.82) is 0 Å². The Bertz CT molecular complexity index is 530. The van der Waals surface area contributed by atoms with Crippen LogP contribution in [0.5, 0.6) is 0 Å². The number of methoxy groups -OCH3 is 1. The highest BCUT2D eigenvalue weighted by Crippen LogP contribution is 2.26. The summed E-state index contributed by atoms with van der Waals surface area (Å²) in [6.45, 7) is 1.85. The van der Waals surface area contributed by atoms with Gasteiger partial charge < -0.3 is 14.2 Å². The Morgan fingerprint density at radius 3 is 2.76 bits per heavy atom. The molecule has 0 spiro atoms. The Morgan fingerprint density at radius 2 is 2.14 bits per heavy atom. The van der Waals surface area contributed by atoms with Gasteiger partial charge in [0, 0.05) is 12.0 Å². The van der Waals surface area contributed by atoms with Crippen molar-refractivity contribution in [3.63, 3.8) is 0 Å². The molecule has 1 aliphatic rings. The molecule has 1 fully saturated rings. The number of carbonyl (C=O) groups excluding carboxylic acids is 1. The lowest BCUT2D eigenvalue weighted by Gasteiger charge is -2.37. The Morgan fingerprint density at radius 1 is 1.43 bits per heavy atom. The summed E-state index contributed by atoms with van der Waals surface area (Å²) in [4.78, 5) is 15.0. The van der Waals surface area contributed by atoms with E-state index in [4.69, 9.17) is 19.7 Å². The van der Waals surface area contributed by atoms with Gasteiger partial charge in [-0.15, -0.1) is 0 Å². The molecule has 21 heavy (non-hydrogen) atoms. The van der Waals surface area contributed by atoms with Crippen LogP contribution in [-0.2, 0) is 14.2 Å². The van der Waals surface area contributed by atoms with Crippen molar-refractivity contribution in [2.45, 2.75) is 37.9 Å². The average molecular weight is 291 g/mol. The second-order valence-corrected chi connectivity index (χ2v) is 4.79. The van der Waals surface area contributed by atoms with Crippen molar-refractivity contribution in [3.8, 4) is 0 Å². The summed E-state index contributed by atoms with van der Waals surface area (Å²) in [6, 6.07) is 8.08. The molecule has 112 valence electrons. The van der Waals surface area contributed by atoms with Crippen LogP contribution in [0.15, 0.2) is 35.4 Å². The molecule has 1 aromatic carbocycles. The Hall–Kier alpha value is -2.08. The van der Waals surface area contributed by atoms with Gasteiger partial charge in [0.25, 0.3) is 0 Å². The van der Waals surface area contributed by atoms with Crippen LogP contribution in [-0.4, -0.2) is 37.6 Å². The van der Waals surface area contributed by atoms with Gasteiger partial charge in [-0.1, -0.05) is 23.3 Å². The molecule has 0 aliphatic carbocycles. The fourth-order valence-corrected chi connectivity index (χ4v) is 2.29. The van der Waals surface area contributed by atoms with Crippen LogP contribution in [0.25, 0.3) is 10.4 Å². The SMILES string of the molecule is CO[C@H]1O[C@H](C)C[C@H](N=[N+]=[N-])[C@H]1OC(=O)c1ccccc1. The van der Waals surface area contributed by atoms with Crippen molar-refractivity contribution in [2.24, 2.45) is 5.11 Å². The fraction of sp³-hybridized carbons (Fsp3) is 0.500. The largest absolute Gasteiger partial charge is 0.453 e. The lowest BCUT2D eigenvalue weighted by atomic mass is 10.0. The number of rotatable bonds is 4. The van der Waals surface area contributed by atoms with E-state index in [2.05, 4.69) is 10.0 Å². The molecule has 1 aliphatic heterocycles. The van der Waals surface area contributed by atoms with E-state index in [9.17, 15) is 4.79 Å². The second-order valence-electron chi connectivity index (χ2n) is 4.79. The molecule has 1 heterocycles. The minimum atomic E-state index is -0.769. The maximum absolute atomic E-state index is 12.1. The van der Waals surface area contributed by atoms with E-state index in [0.29, 0.717) is 12.0 Å². The molecule has 0 aromatic heterocycles. The predicted octanol–water partition coefficient (Wildman–Crippen LogP) is 2.67. The molecule has 1 saturated heterocycles. The summed E-state index contributed by atoms with van der Waals surface area (Å²) in [6.07, 6.45) is -1.19. The van der Waals surface area contributed by atoms with E-state index < -0.39 is 24.4 Å². The minimum Gasteiger partial charge on any atom is -0.453 e. The molecule has 0 unspecified atom stereocenters. The zero-order chi connectivity index (χ0) is 15.2. The number of nitrogens with zero attached hydrogens (tertiary/aromatic N) is 3. The van der Waals surface area contributed by atoms with Crippen LogP contribution in [0.4, 0.5) is 0 Å². The number of hydrogen-bond donors (Lipinski definition) is 0. The second kappa shape index (κ2) is 7.08. The van der Waals surface area contributed by atoms with Gasteiger partial charge in [0.05, 0.1) is 17.7 Å². The van der Waals surface area contributed by atoms with Gasteiger partial charge in [-0.3, -0.25) is 0 Å². The summed E-state index contributed by atoms with van der Waals surface area (Å²) in [5.41, 5.74) is 9.09. The van der Waals surface area contributed by atoms with E-state index in [0.717, 1.165) is 0 Å². The van der Waals surface area contributed by atoms with E-state index in [1.165, 1.54) is 7.11 Å². The van der Waals surface area contributed by atoms with Crippen LogP contribution in [0, 0.1) is 0 Å². The Kier molecular flexibility index (Phi) is 5.16. The van der Waals surface area contributed by atoms with Crippen molar-refractivity contribution in [2.75, 3.05) is 7.11 Å². The summed E-state index contributed by atoms with van der Waals surface area (Å²) in [5, 5.41) is 3.70. The molecule has 0 bridgehead atoms. The van der Waals surface area contributed by atoms with Crippen molar-refractivity contribution < 1.29 is 19.0 Å².